The third-order valence-electron chi connectivity index (χ3n) is 2.93. The molecular formula is C16H15N3O2. The first-order chi connectivity index (χ1) is 10.3. The first-order valence-electron chi connectivity index (χ1n) is 6.69. The van der Waals surface area contributed by atoms with Crippen molar-refractivity contribution in [2.45, 2.75) is 6.92 Å². The zero-order valence-corrected chi connectivity index (χ0v) is 11.6. The van der Waals surface area contributed by atoms with Gasteiger partial charge < -0.3 is 15.2 Å². The first-order valence-corrected chi connectivity index (χ1v) is 6.69. The van der Waals surface area contributed by atoms with Crippen LogP contribution < -0.4 is 15.2 Å². The number of fused-ring (bicyclic) bond motifs is 1. The van der Waals surface area contributed by atoms with E-state index in [0.29, 0.717) is 18.2 Å². The van der Waals surface area contributed by atoms with Crippen molar-refractivity contribution in [3.05, 3.63) is 48.5 Å². The van der Waals surface area contributed by atoms with E-state index in [-0.39, 0.29) is 5.95 Å². The summed E-state index contributed by atoms with van der Waals surface area (Å²) in [4.78, 5) is 8.35. The molecule has 5 nitrogen and oxygen atoms in total. The van der Waals surface area contributed by atoms with Crippen LogP contribution in [0, 0.1) is 0 Å². The SMILES string of the molecule is CCOc1ccc(Oc2nc(N)nc3ccccc23)cc1. The molecule has 21 heavy (non-hydrogen) atoms. The lowest BCUT2D eigenvalue weighted by molar-refractivity contribution is 0.339. The van der Waals surface area contributed by atoms with Crippen LogP contribution >= 0.6 is 0 Å². The second kappa shape index (κ2) is 5.66. The quantitative estimate of drug-likeness (QED) is 0.793. The molecule has 0 bridgehead atoms. The van der Waals surface area contributed by atoms with E-state index in [2.05, 4.69) is 9.97 Å². The maximum absolute atomic E-state index is 5.82. The average molecular weight is 281 g/mol. The van der Waals surface area contributed by atoms with E-state index in [9.17, 15) is 0 Å². The van der Waals surface area contributed by atoms with E-state index in [1.807, 2.05) is 55.5 Å². The van der Waals surface area contributed by atoms with E-state index in [4.69, 9.17) is 15.2 Å². The Labute approximate surface area is 122 Å². The molecule has 106 valence electrons. The van der Waals surface area contributed by atoms with Crippen LogP contribution in [0.3, 0.4) is 0 Å². The smallest absolute Gasteiger partial charge is 0.231 e. The molecule has 0 aliphatic carbocycles. The fourth-order valence-electron chi connectivity index (χ4n) is 2.02. The van der Waals surface area contributed by atoms with Gasteiger partial charge in [-0.2, -0.15) is 4.98 Å². The van der Waals surface area contributed by atoms with E-state index in [0.717, 1.165) is 16.7 Å². The molecule has 3 rings (SSSR count). The molecule has 1 aromatic heterocycles. The summed E-state index contributed by atoms with van der Waals surface area (Å²) in [6.45, 7) is 2.58. The number of anilines is 1. The second-order valence-corrected chi connectivity index (χ2v) is 4.41. The number of ether oxygens (including phenoxy) is 2. The molecule has 0 saturated carbocycles. The van der Waals surface area contributed by atoms with Crippen LogP contribution in [0.4, 0.5) is 5.95 Å². The van der Waals surface area contributed by atoms with Gasteiger partial charge in [0.25, 0.3) is 0 Å². The molecule has 0 radical (unpaired) electrons. The maximum Gasteiger partial charge on any atom is 0.231 e. The Bertz CT molecular complexity index is 757. The molecule has 5 heteroatoms. The number of nitrogen functional groups attached to an aromatic ring is 1. The van der Waals surface area contributed by atoms with Crippen molar-refractivity contribution in [3.63, 3.8) is 0 Å². The number of hydrogen-bond acceptors (Lipinski definition) is 5. The summed E-state index contributed by atoms with van der Waals surface area (Å²) in [7, 11) is 0. The van der Waals surface area contributed by atoms with Crippen LogP contribution in [0.5, 0.6) is 17.4 Å². The summed E-state index contributed by atoms with van der Waals surface area (Å²) < 4.78 is 11.2. The van der Waals surface area contributed by atoms with Crippen molar-refractivity contribution in [1.82, 2.24) is 9.97 Å². The van der Waals surface area contributed by atoms with Crippen molar-refractivity contribution in [2.75, 3.05) is 12.3 Å². The van der Waals surface area contributed by atoms with Gasteiger partial charge in [0.05, 0.1) is 17.5 Å². The topological polar surface area (TPSA) is 70.3 Å². The molecule has 0 aliphatic rings. The third kappa shape index (κ3) is 2.86. The predicted octanol–water partition coefficient (Wildman–Crippen LogP) is 3.40. The van der Waals surface area contributed by atoms with Gasteiger partial charge in [-0.25, -0.2) is 4.98 Å². The molecule has 0 fully saturated rings. The monoisotopic (exact) mass is 281 g/mol. The summed E-state index contributed by atoms with van der Waals surface area (Å²) in [5.41, 5.74) is 6.48. The van der Waals surface area contributed by atoms with E-state index < -0.39 is 0 Å². The highest BCUT2D eigenvalue weighted by atomic mass is 16.5. The van der Waals surface area contributed by atoms with E-state index in [1.54, 1.807) is 0 Å². The van der Waals surface area contributed by atoms with Crippen molar-refractivity contribution >= 4 is 16.9 Å². The predicted molar refractivity (Wildman–Crippen MR) is 81.6 cm³/mol. The van der Waals surface area contributed by atoms with E-state index >= 15 is 0 Å². The zero-order valence-electron chi connectivity index (χ0n) is 11.6. The Morgan fingerprint density at radius 2 is 1.67 bits per heavy atom. The molecule has 0 saturated heterocycles. The number of nitrogens with zero attached hydrogens (tertiary/aromatic N) is 2. The summed E-state index contributed by atoms with van der Waals surface area (Å²) in [5.74, 6) is 2.11. The maximum atomic E-state index is 5.82. The molecule has 3 aromatic rings. The number of para-hydroxylation sites is 1. The van der Waals surface area contributed by atoms with E-state index in [1.165, 1.54) is 0 Å². The average Bonchev–Trinajstić information content (AvgIpc) is 2.49. The van der Waals surface area contributed by atoms with Gasteiger partial charge in [0.15, 0.2) is 0 Å². The number of rotatable bonds is 4. The van der Waals surface area contributed by atoms with Gasteiger partial charge in [-0.3, -0.25) is 0 Å². The third-order valence-corrected chi connectivity index (χ3v) is 2.93. The Kier molecular flexibility index (Phi) is 3.55. The second-order valence-electron chi connectivity index (χ2n) is 4.41. The fraction of sp³-hybridized carbons (Fsp3) is 0.125. The summed E-state index contributed by atoms with van der Waals surface area (Å²) in [6, 6.07) is 15.0. The lowest BCUT2D eigenvalue weighted by Crippen LogP contribution is -1.98. The lowest BCUT2D eigenvalue weighted by atomic mass is 10.2. The summed E-state index contributed by atoms with van der Waals surface area (Å²) >= 11 is 0. The van der Waals surface area contributed by atoms with Crippen molar-refractivity contribution in [3.8, 4) is 17.4 Å². The minimum Gasteiger partial charge on any atom is -0.494 e. The molecule has 0 atom stereocenters. The van der Waals surface area contributed by atoms with Crippen molar-refractivity contribution in [2.24, 2.45) is 0 Å². The van der Waals surface area contributed by atoms with Crippen LogP contribution in [0.25, 0.3) is 10.9 Å². The van der Waals surface area contributed by atoms with Crippen LogP contribution in [-0.4, -0.2) is 16.6 Å². The van der Waals surface area contributed by atoms with Crippen LogP contribution in [0.15, 0.2) is 48.5 Å². The number of hydrogen-bond donors (Lipinski definition) is 1. The number of benzene rings is 2. The van der Waals surface area contributed by atoms with Gasteiger partial charge in [0.1, 0.15) is 11.5 Å². The molecule has 0 spiro atoms. The van der Waals surface area contributed by atoms with Gasteiger partial charge in [-0.05, 0) is 43.3 Å². The number of nitrogens with two attached hydrogens (primary N) is 1. The van der Waals surface area contributed by atoms with Gasteiger partial charge in [-0.15, -0.1) is 0 Å². The summed E-state index contributed by atoms with van der Waals surface area (Å²) in [5, 5.41) is 0.820. The Morgan fingerprint density at radius 3 is 2.43 bits per heavy atom. The highest BCUT2D eigenvalue weighted by Crippen LogP contribution is 2.28. The van der Waals surface area contributed by atoms with Gasteiger partial charge in [0.2, 0.25) is 11.8 Å². The minimum absolute atomic E-state index is 0.189. The first kappa shape index (κ1) is 13.2. The Morgan fingerprint density at radius 1 is 0.952 bits per heavy atom. The molecule has 2 aromatic carbocycles. The van der Waals surface area contributed by atoms with Crippen molar-refractivity contribution < 1.29 is 9.47 Å². The summed E-state index contributed by atoms with van der Waals surface area (Å²) in [6.07, 6.45) is 0. The Balaban J connectivity index is 1.94. The normalized spacial score (nSPS) is 10.5. The highest BCUT2D eigenvalue weighted by molar-refractivity contribution is 5.84. The number of aromatic nitrogens is 2. The molecule has 2 N–H and O–H groups in total. The molecule has 0 unspecified atom stereocenters. The molecular weight excluding hydrogens is 266 g/mol. The van der Waals surface area contributed by atoms with Crippen LogP contribution in [0.1, 0.15) is 6.92 Å². The fourth-order valence-corrected chi connectivity index (χ4v) is 2.02. The molecule has 0 amide bonds. The molecule has 1 heterocycles. The molecule has 0 aliphatic heterocycles. The van der Waals surface area contributed by atoms with Crippen LogP contribution in [-0.2, 0) is 0 Å². The zero-order chi connectivity index (χ0) is 14.7. The van der Waals surface area contributed by atoms with Gasteiger partial charge >= 0.3 is 0 Å². The van der Waals surface area contributed by atoms with Gasteiger partial charge in [0, 0.05) is 0 Å². The van der Waals surface area contributed by atoms with Crippen LogP contribution in [0.2, 0.25) is 0 Å². The van der Waals surface area contributed by atoms with Crippen molar-refractivity contribution in [1.29, 1.82) is 0 Å². The Hall–Kier alpha value is -2.82. The largest absolute Gasteiger partial charge is 0.494 e. The van der Waals surface area contributed by atoms with Gasteiger partial charge in [-0.1, -0.05) is 12.1 Å². The minimum atomic E-state index is 0.189. The standard InChI is InChI=1S/C16H15N3O2/c1-2-20-11-7-9-12(10-8-11)21-15-13-5-3-4-6-14(13)18-16(17)19-15/h3-10H,2H2,1H3,(H2,17,18,19). The highest BCUT2D eigenvalue weighted by Gasteiger charge is 2.08. The lowest BCUT2D eigenvalue weighted by Gasteiger charge is -2.09.